The number of fused-ring (bicyclic) bond motifs is 5. The van der Waals surface area contributed by atoms with Gasteiger partial charge in [-0.05, 0) is 74.2 Å². The number of allylic oxidation sites excluding steroid dienone is 1. The minimum atomic E-state index is -1.19. The van der Waals surface area contributed by atoms with E-state index in [2.05, 4.69) is 13.8 Å². The normalized spacial score (nSPS) is 47.8. The molecule has 6 heteroatoms. The lowest BCUT2D eigenvalue weighted by Gasteiger charge is -2.61. The Morgan fingerprint density at radius 2 is 2.03 bits per heavy atom. The van der Waals surface area contributed by atoms with E-state index in [0.717, 1.165) is 25.7 Å². The fourth-order valence-electron chi connectivity index (χ4n) is 8.34. The largest absolute Gasteiger partial charge is 0.393 e. The number of ether oxygens (including phenoxy) is 2. The molecular formula is C25H38O6. The van der Waals surface area contributed by atoms with E-state index >= 15 is 0 Å². The maximum absolute atomic E-state index is 13.3. The first-order chi connectivity index (χ1) is 14.5. The van der Waals surface area contributed by atoms with Gasteiger partial charge in [0.05, 0.1) is 6.10 Å². The van der Waals surface area contributed by atoms with Crippen LogP contribution in [0.15, 0.2) is 11.6 Å². The third-order valence-electron chi connectivity index (χ3n) is 9.68. The highest BCUT2D eigenvalue weighted by molar-refractivity contribution is 5.92. The summed E-state index contributed by atoms with van der Waals surface area (Å²) in [6.45, 7) is 7.53. The second-order valence-corrected chi connectivity index (χ2v) is 11.0. The van der Waals surface area contributed by atoms with Gasteiger partial charge in [-0.2, -0.15) is 0 Å². The summed E-state index contributed by atoms with van der Waals surface area (Å²) < 4.78 is 11.7. The second kappa shape index (κ2) is 7.75. The van der Waals surface area contributed by atoms with Crippen LogP contribution in [0.5, 0.6) is 0 Å². The SMILES string of the molecule is COC(C)O[C@]1(C(=O)CO)C(C)C[C@H]2[C@@H]3CCC4=CC(=O)CC[C@]4(C)[C@H]3C(O)C[C@@]21C. The van der Waals surface area contributed by atoms with Gasteiger partial charge in [-0.3, -0.25) is 9.59 Å². The lowest BCUT2D eigenvalue weighted by atomic mass is 9.45. The molecule has 3 fully saturated rings. The van der Waals surface area contributed by atoms with Gasteiger partial charge in [-0.1, -0.05) is 26.3 Å². The van der Waals surface area contributed by atoms with Gasteiger partial charge in [-0.15, -0.1) is 0 Å². The summed E-state index contributed by atoms with van der Waals surface area (Å²) in [5.41, 5.74) is -0.761. The Hall–Kier alpha value is -1.08. The molecule has 0 spiro atoms. The molecule has 6 nitrogen and oxygen atoms in total. The molecule has 4 aliphatic rings. The maximum atomic E-state index is 13.3. The van der Waals surface area contributed by atoms with Crippen molar-refractivity contribution in [3.05, 3.63) is 11.6 Å². The van der Waals surface area contributed by atoms with E-state index in [1.54, 1.807) is 14.0 Å². The quantitative estimate of drug-likeness (QED) is 0.646. The summed E-state index contributed by atoms with van der Waals surface area (Å²) in [5.74, 6) is 0.317. The highest BCUT2D eigenvalue weighted by Crippen LogP contribution is 2.69. The number of rotatable bonds is 5. The first-order valence-electron chi connectivity index (χ1n) is 11.8. The van der Waals surface area contributed by atoms with Crippen LogP contribution in [0.25, 0.3) is 0 Å². The van der Waals surface area contributed by atoms with Crippen LogP contribution < -0.4 is 0 Å². The number of carbonyl (C=O) groups excluding carboxylic acids is 2. The van der Waals surface area contributed by atoms with Gasteiger partial charge in [0.25, 0.3) is 0 Å². The highest BCUT2D eigenvalue weighted by Gasteiger charge is 2.72. The van der Waals surface area contributed by atoms with Crippen LogP contribution in [0, 0.1) is 34.5 Å². The van der Waals surface area contributed by atoms with Crippen LogP contribution >= 0.6 is 0 Å². The summed E-state index contributed by atoms with van der Waals surface area (Å²) in [4.78, 5) is 25.4. The molecule has 3 saturated carbocycles. The predicted octanol–water partition coefficient (Wildman–Crippen LogP) is 3.04. The summed E-state index contributed by atoms with van der Waals surface area (Å²) in [6, 6.07) is 0. The topological polar surface area (TPSA) is 93.1 Å². The summed E-state index contributed by atoms with van der Waals surface area (Å²) >= 11 is 0. The number of carbonyl (C=O) groups is 2. The van der Waals surface area contributed by atoms with E-state index in [1.165, 1.54) is 5.57 Å². The lowest BCUT2D eigenvalue weighted by molar-refractivity contribution is -0.251. The smallest absolute Gasteiger partial charge is 0.190 e. The number of Topliss-reactive ketones (excluding diaryl/α,β-unsaturated/α-hetero) is 1. The van der Waals surface area contributed by atoms with Crippen molar-refractivity contribution in [2.24, 2.45) is 34.5 Å². The molecule has 174 valence electrons. The molecule has 2 N–H and O–H groups in total. The standard InChI is InChI=1S/C25H38O6/c1-14-10-19-18-7-6-16-11-17(27)8-9-23(16,3)22(18)20(28)12-24(19,4)25(14,21(29)13-26)31-15(2)30-5/h11,14-15,18-20,22,26,28H,6-10,12-13H2,1-5H3/t14?,15?,18-,19-,20?,22+,23-,24-,25-/m0/s1. The third-order valence-corrected chi connectivity index (χ3v) is 9.68. The molecule has 0 amide bonds. The minimum absolute atomic E-state index is 0.0748. The molecule has 0 aliphatic heterocycles. The van der Waals surface area contributed by atoms with Crippen molar-refractivity contribution in [3.8, 4) is 0 Å². The van der Waals surface area contributed by atoms with E-state index in [-0.39, 0.29) is 40.7 Å². The molecule has 4 aliphatic carbocycles. The lowest BCUT2D eigenvalue weighted by Crippen LogP contribution is -2.64. The van der Waals surface area contributed by atoms with E-state index < -0.39 is 30.0 Å². The Morgan fingerprint density at radius 1 is 1.32 bits per heavy atom. The fourth-order valence-corrected chi connectivity index (χ4v) is 8.34. The van der Waals surface area contributed by atoms with E-state index in [4.69, 9.17) is 9.47 Å². The summed E-state index contributed by atoms with van der Waals surface area (Å²) in [7, 11) is 1.55. The minimum Gasteiger partial charge on any atom is -0.393 e. The van der Waals surface area contributed by atoms with Gasteiger partial charge in [0.15, 0.2) is 17.9 Å². The van der Waals surface area contributed by atoms with Gasteiger partial charge in [-0.25, -0.2) is 0 Å². The molecule has 0 aromatic rings. The summed E-state index contributed by atoms with van der Waals surface area (Å²) in [5, 5.41) is 21.5. The Kier molecular flexibility index (Phi) is 5.78. The zero-order valence-corrected chi connectivity index (χ0v) is 19.5. The van der Waals surface area contributed by atoms with Gasteiger partial charge >= 0.3 is 0 Å². The molecule has 4 rings (SSSR count). The average molecular weight is 435 g/mol. The molecule has 0 radical (unpaired) electrons. The van der Waals surface area contributed by atoms with E-state index in [9.17, 15) is 19.8 Å². The molecule has 0 heterocycles. The molecule has 0 aromatic carbocycles. The average Bonchev–Trinajstić information content (AvgIpc) is 2.94. The first kappa shape index (κ1) is 23.1. The Bertz CT molecular complexity index is 791. The summed E-state index contributed by atoms with van der Waals surface area (Å²) in [6.07, 6.45) is 5.02. The van der Waals surface area contributed by atoms with Crippen molar-refractivity contribution in [1.29, 1.82) is 0 Å². The Labute approximate surface area is 185 Å². The molecular weight excluding hydrogens is 396 g/mol. The predicted molar refractivity (Wildman–Crippen MR) is 115 cm³/mol. The molecule has 0 bridgehead atoms. The number of hydrogen-bond acceptors (Lipinski definition) is 6. The number of methoxy groups -OCH3 is 1. The van der Waals surface area contributed by atoms with Crippen molar-refractivity contribution < 1.29 is 29.3 Å². The van der Waals surface area contributed by atoms with Crippen LogP contribution in [0.4, 0.5) is 0 Å². The Balaban J connectivity index is 1.78. The molecule has 31 heavy (non-hydrogen) atoms. The molecule has 0 saturated heterocycles. The number of ketones is 2. The van der Waals surface area contributed by atoms with Gasteiger partial charge in [0.2, 0.25) is 0 Å². The van der Waals surface area contributed by atoms with E-state index in [0.29, 0.717) is 12.8 Å². The van der Waals surface area contributed by atoms with Crippen LogP contribution in [-0.2, 0) is 19.1 Å². The maximum Gasteiger partial charge on any atom is 0.190 e. The van der Waals surface area contributed by atoms with Crippen LogP contribution in [0.3, 0.4) is 0 Å². The molecule has 0 aromatic heterocycles. The van der Waals surface area contributed by atoms with Gasteiger partial charge in [0.1, 0.15) is 12.2 Å². The molecule has 3 unspecified atom stereocenters. The van der Waals surface area contributed by atoms with Crippen LogP contribution in [-0.4, -0.2) is 53.5 Å². The van der Waals surface area contributed by atoms with Crippen LogP contribution in [0.2, 0.25) is 0 Å². The highest BCUT2D eigenvalue weighted by atomic mass is 16.7. The third kappa shape index (κ3) is 3.05. The van der Waals surface area contributed by atoms with Crippen molar-refractivity contribution in [3.63, 3.8) is 0 Å². The van der Waals surface area contributed by atoms with Crippen molar-refractivity contribution in [1.82, 2.24) is 0 Å². The monoisotopic (exact) mass is 434 g/mol. The second-order valence-electron chi connectivity index (χ2n) is 11.0. The zero-order valence-electron chi connectivity index (χ0n) is 19.5. The molecule has 9 atom stereocenters. The van der Waals surface area contributed by atoms with Crippen LogP contribution in [0.1, 0.15) is 66.2 Å². The van der Waals surface area contributed by atoms with Crippen molar-refractivity contribution >= 4 is 11.6 Å². The van der Waals surface area contributed by atoms with Crippen molar-refractivity contribution in [2.75, 3.05) is 13.7 Å². The van der Waals surface area contributed by atoms with E-state index in [1.807, 2.05) is 13.0 Å². The fraction of sp³-hybridized carbons (Fsp3) is 0.840. The Morgan fingerprint density at radius 3 is 2.68 bits per heavy atom. The zero-order chi connectivity index (χ0) is 22.8. The number of aliphatic hydroxyl groups excluding tert-OH is 2. The van der Waals surface area contributed by atoms with Gasteiger partial charge in [0, 0.05) is 18.9 Å². The van der Waals surface area contributed by atoms with Crippen molar-refractivity contribution in [2.45, 2.75) is 84.2 Å². The number of hydrogen-bond donors (Lipinski definition) is 2. The number of aliphatic hydroxyl groups is 2. The first-order valence-corrected chi connectivity index (χ1v) is 11.8. The van der Waals surface area contributed by atoms with Gasteiger partial charge < -0.3 is 19.7 Å².